The van der Waals surface area contributed by atoms with Crippen molar-refractivity contribution in [3.8, 4) is 0 Å². The molecule has 24 heavy (non-hydrogen) atoms. The monoisotopic (exact) mass is 325 g/mol. The normalized spacial score (nSPS) is 20.4. The minimum atomic E-state index is -0.614. The van der Waals surface area contributed by atoms with Gasteiger partial charge in [0.2, 0.25) is 5.91 Å². The molecule has 7 nitrogen and oxygen atoms in total. The zero-order valence-electron chi connectivity index (χ0n) is 13.2. The number of H-pyrrole nitrogens is 1. The van der Waals surface area contributed by atoms with Crippen molar-refractivity contribution < 1.29 is 9.59 Å². The van der Waals surface area contributed by atoms with E-state index < -0.39 is 6.04 Å². The Morgan fingerprint density at radius 2 is 2.04 bits per heavy atom. The molecule has 7 heteroatoms. The van der Waals surface area contributed by atoms with E-state index in [4.69, 9.17) is 0 Å². The molecule has 3 N–H and O–H groups in total. The van der Waals surface area contributed by atoms with Crippen molar-refractivity contribution in [1.82, 2.24) is 25.7 Å². The molecule has 1 atom stereocenters. The van der Waals surface area contributed by atoms with Crippen molar-refractivity contribution in [2.45, 2.75) is 19.0 Å². The third-order valence-corrected chi connectivity index (χ3v) is 4.60. The lowest BCUT2D eigenvalue weighted by Gasteiger charge is -2.35. The van der Waals surface area contributed by atoms with E-state index in [0.717, 1.165) is 29.8 Å². The third-order valence-electron chi connectivity index (χ3n) is 4.60. The lowest BCUT2D eigenvalue weighted by molar-refractivity contribution is -0.128. The number of carbonyl (C=O) groups excluding carboxylic acids is 2. The molecule has 1 unspecified atom stereocenters. The van der Waals surface area contributed by atoms with Crippen LogP contribution in [0.1, 0.15) is 33.4 Å². The smallest absolute Gasteiger partial charge is 0.275 e. The highest BCUT2D eigenvalue weighted by atomic mass is 16.2. The number of benzene rings is 1. The molecule has 0 spiro atoms. The minimum absolute atomic E-state index is 0.150. The van der Waals surface area contributed by atoms with Gasteiger partial charge in [0.15, 0.2) is 5.69 Å². The van der Waals surface area contributed by atoms with E-state index in [-0.39, 0.29) is 11.8 Å². The second kappa shape index (κ2) is 6.09. The van der Waals surface area contributed by atoms with Gasteiger partial charge in [-0.2, -0.15) is 5.10 Å². The van der Waals surface area contributed by atoms with Crippen LogP contribution in [0.3, 0.4) is 0 Å². The van der Waals surface area contributed by atoms with Crippen molar-refractivity contribution in [2.24, 2.45) is 0 Å². The highest BCUT2D eigenvalue weighted by Crippen LogP contribution is 2.26. The van der Waals surface area contributed by atoms with Crippen molar-refractivity contribution in [3.05, 3.63) is 52.8 Å². The number of aromatic nitrogens is 2. The molecule has 2 aromatic rings. The van der Waals surface area contributed by atoms with Crippen molar-refractivity contribution >= 4 is 11.8 Å². The predicted molar refractivity (Wildman–Crippen MR) is 87.2 cm³/mol. The van der Waals surface area contributed by atoms with Gasteiger partial charge in [-0.1, -0.05) is 30.3 Å². The number of hydrogen-bond donors (Lipinski definition) is 3. The summed E-state index contributed by atoms with van der Waals surface area (Å²) in [6.07, 6.45) is 0.832. The quantitative estimate of drug-likeness (QED) is 0.744. The number of nitrogens with one attached hydrogen (secondary N) is 3. The second-order valence-electron chi connectivity index (χ2n) is 6.06. The van der Waals surface area contributed by atoms with Gasteiger partial charge < -0.3 is 15.5 Å². The van der Waals surface area contributed by atoms with Crippen LogP contribution in [0.25, 0.3) is 0 Å². The molecule has 2 aliphatic rings. The van der Waals surface area contributed by atoms with Crippen LogP contribution < -0.4 is 10.6 Å². The first kappa shape index (κ1) is 14.9. The molecule has 1 aromatic carbocycles. The van der Waals surface area contributed by atoms with E-state index in [0.29, 0.717) is 25.3 Å². The van der Waals surface area contributed by atoms with Gasteiger partial charge in [-0.25, -0.2) is 0 Å². The average molecular weight is 325 g/mol. The van der Waals surface area contributed by atoms with Crippen LogP contribution in [0.5, 0.6) is 0 Å². The Kier molecular flexibility index (Phi) is 3.78. The van der Waals surface area contributed by atoms with E-state index in [9.17, 15) is 9.59 Å². The molecule has 0 bridgehead atoms. The molecule has 2 aliphatic heterocycles. The number of nitrogens with zero attached hydrogens (tertiary/aromatic N) is 2. The zero-order valence-corrected chi connectivity index (χ0v) is 13.2. The van der Waals surface area contributed by atoms with Gasteiger partial charge in [0, 0.05) is 43.9 Å². The summed E-state index contributed by atoms with van der Waals surface area (Å²) in [5, 5.41) is 13.3. The van der Waals surface area contributed by atoms with Gasteiger partial charge in [0.05, 0.1) is 0 Å². The van der Waals surface area contributed by atoms with E-state index in [2.05, 4.69) is 20.8 Å². The third kappa shape index (κ3) is 2.46. The highest BCUT2D eigenvalue weighted by Gasteiger charge is 2.36. The van der Waals surface area contributed by atoms with Crippen LogP contribution >= 0.6 is 0 Å². The fraction of sp³-hybridized carbons (Fsp3) is 0.353. The van der Waals surface area contributed by atoms with Gasteiger partial charge >= 0.3 is 0 Å². The van der Waals surface area contributed by atoms with E-state index >= 15 is 0 Å². The highest BCUT2D eigenvalue weighted by molar-refractivity contribution is 5.98. The van der Waals surface area contributed by atoms with Crippen molar-refractivity contribution in [1.29, 1.82) is 0 Å². The SMILES string of the molecule is O=C1NCCN(C(=O)c2n[nH]c3c2CNCC3)C1c1ccccc1. The van der Waals surface area contributed by atoms with E-state index in [1.54, 1.807) is 4.90 Å². The first-order valence-corrected chi connectivity index (χ1v) is 8.16. The molecule has 1 saturated heterocycles. The fourth-order valence-corrected chi connectivity index (χ4v) is 3.39. The molecule has 1 fully saturated rings. The molecule has 0 saturated carbocycles. The predicted octanol–water partition coefficient (Wildman–Crippen LogP) is 0.369. The Balaban J connectivity index is 1.69. The molecular weight excluding hydrogens is 306 g/mol. The molecule has 4 rings (SSSR count). The Hall–Kier alpha value is -2.67. The van der Waals surface area contributed by atoms with Gasteiger partial charge in [-0.05, 0) is 5.56 Å². The number of fused-ring (bicyclic) bond motifs is 1. The Morgan fingerprint density at radius 3 is 2.88 bits per heavy atom. The summed E-state index contributed by atoms with van der Waals surface area (Å²) in [7, 11) is 0. The standard InChI is InChI=1S/C17H19N5O2/c23-16-15(11-4-2-1-3-5-11)22(9-8-19-16)17(24)14-12-10-18-7-6-13(12)20-21-14/h1-5,15,18H,6-10H2,(H,19,23)(H,20,21). The van der Waals surface area contributed by atoms with Crippen LogP contribution in [-0.2, 0) is 17.8 Å². The number of aromatic amines is 1. The Labute approximate surface area is 139 Å². The fourth-order valence-electron chi connectivity index (χ4n) is 3.39. The summed E-state index contributed by atoms with van der Waals surface area (Å²) >= 11 is 0. The van der Waals surface area contributed by atoms with Crippen LogP contribution in [0, 0.1) is 0 Å². The van der Waals surface area contributed by atoms with Crippen LogP contribution in [-0.4, -0.2) is 46.5 Å². The molecule has 0 radical (unpaired) electrons. The lowest BCUT2D eigenvalue weighted by Crippen LogP contribution is -2.52. The number of carbonyl (C=O) groups is 2. The zero-order chi connectivity index (χ0) is 16.5. The average Bonchev–Trinajstić information content (AvgIpc) is 3.06. The van der Waals surface area contributed by atoms with Gasteiger partial charge in [-0.15, -0.1) is 0 Å². The molecule has 124 valence electrons. The lowest BCUT2D eigenvalue weighted by atomic mass is 10.0. The van der Waals surface area contributed by atoms with Gasteiger partial charge in [0.1, 0.15) is 6.04 Å². The first-order chi connectivity index (χ1) is 11.8. The van der Waals surface area contributed by atoms with Crippen molar-refractivity contribution in [3.63, 3.8) is 0 Å². The summed E-state index contributed by atoms with van der Waals surface area (Å²) < 4.78 is 0. The largest absolute Gasteiger partial charge is 0.352 e. The summed E-state index contributed by atoms with van der Waals surface area (Å²) in [6, 6.07) is 8.78. The molecule has 3 heterocycles. The Morgan fingerprint density at radius 1 is 1.21 bits per heavy atom. The van der Waals surface area contributed by atoms with Crippen LogP contribution in [0.4, 0.5) is 0 Å². The number of rotatable bonds is 2. The number of piperazine rings is 1. The first-order valence-electron chi connectivity index (χ1n) is 8.16. The number of amides is 2. The van der Waals surface area contributed by atoms with E-state index in [1.807, 2.05) is 30.3 Å². The van der Waals surface area contributed by atoms with Crippen molar-refractivity contribution in [2.75, 3.05) is 19.6 Å². The van der Waals surface area contributed by atoms with Crippen LogP contribution in [0.15, 0.2) is 30.3 Å². The Bertz CT molecular complexity index is 771. The van der Waals surface area contributed by atoms with Gasteiger partial charge in [-0.3, -0.25) is 14.7 Å². The molecular formula is C17H19N5O2. The minimum Gasteiger partial charge on any atom is -0.352 e. The van der Waals surface area contributed by atoms with E-state index in [1.165, 1.54) is 0 Å². The molecule has 1 aromatic heterocycles. The molecule has 2 amide bonds. The summed E-state index contributed by atoms with van der Waals surface area (Å²) in [6.45, 7) is 2.43. The second-order valence-corrected chi connectivity index (χ2v) is 6.06. The summed E-state index contributed by atoms with van der Waals surface area (Å²) in [4.78, 5) is 27.1. The number of hydrogen-bond acceptors (Lipinski definition) is 4. The maximum absolute atomic E-state index is 13.1. The molecule has 0 aliphatic carbocycles. The topological polar surface area (TPSA) is 90.1 Å². The summed E-state index contributed by atoms with van der Waals surface area (Å²) in [5.74, 6) is -0.344. The maximum atomic E-state index is 13.1. The van der Waals surface area contributed by atoms with Gasteiger partial charge in [0.25, 0.3) is 5.91 Å². The van der Waals surface area contributed by atoms with Crippen LogP contribution in [0.2, 0.25) is 0 Å². The summed E-state index contributed by atoms with van der Waals surface area (Å²) in [5.41, 5.74) is 3.16. The maximum Gasteiger partial charge on any atom is 0.275 e.